The topological polar surface area (TPSA) is 81.4 Å². The Hall–Kier alpha value is -3.41. The van der Waals surface area contributed by atoms with Gasteiger partial charge in [-0.15, -0.1) is 0 Å². The first kappa shape index (κ1) is 19.4. The van der Waals surface area contributed by atoms with Crippen molar-refractivity contribution in [3.63, 3.8) is 0 Å². The molecule has 1 N–H and O–H groups in total. The molecule has 6 nitrogen and oxygen atoms in total. The van der Waals surface area contributed by atoms with Crippen molar-refractivity contribution >= 4 is 11.9 Å². The molecule has 0 saturated carbocycles. The average Bonchev–Trinajstić information content (AvgIpc) is 3.18. The summed E-state index contributed by atoms with van der Waals surface area (Å²) in [4.78, 5) is 28.5. The maximum Gasteiger partial charge on any atom is 0.307 e. The van der Waals surface area contributed by atoms with E-state index in [0.29, 0.717) is 22.8 Å². The molecule has 1 aromatic heterocycles. The molecule has 0 radical (unpaired) electrons. The van der Waals surface area contributed by atoms with Gasteiger partial charge in [0.1, 0.15) is 0 Å². The molecule has 3 aromatic rings. The second-order valence-corrected chi connectivity index (χ2v) is 6.49. The summed E-state index contributed by atoms with van der Waals surface area (Å²) in [6.45, 7) is 3.76. The van der Waals surface area contributed by atoms with Crippen LogP contribution in [-0.2, 0) is 9.53 Å². The van der Waals surface area contributed by atoms with E-state index in [9.17, 15) is 9.59 Å². The standard InChI is InChI=1S/C22H22N2O4/c1-15(2)27-20(25)12-13-23-21(26)17-10-6-7-11-18(17)22-24-14-19(28-22)16-8-4-3-5-9-16/h3-11,14-15H,12-13H2,1-2H3,(H,23,26). The van der Waals surface area contributed by atoms with Crippen molar-refractivity contribution in [3.05, 3.63) is 66.4 Å². The fraction of sp³-hybridized carbons (Fsp3) is 0.227. The van der Waals surface area contributed by atoms with Crippen molar-refractivity contribution in [3.8, 4) is 22.8 Å². The Balaban J connectivity index is 1.72. The third-order valence-electron chi connectivity index (χ3n) is 3.95. The highest BCUT2D eigenvalue weighted by atomic mass is 16.5. The third-order valence-corrected chi connectivity index (χ3v) is 3.95. The molecule has 28 heavy (non-hydrogen) atoms. The summed E-state index contributed by atoms with van der Waals surface area (Å²) < 4.78 is 10.9. The summed E-state index contributed by atoms with van der Waals surface area (Å²) in [6.07, 6.45) is 1.58. The Morgan fingerprint density at radius 3 is 2.54 bits per heavy atom. The van der Waals surface area contributed by atoms with Gasteiger partial charge in [-0.1, -0.05) is 42.5 Å². The van der Waals surface area contributed by atoms with E-state index in [1.165, 1.54) is 0 Å². The molecule has 0 unspecified atom stereocenters. The summed E-state index contributed by atoms with van der Waals surface area (Å²) >= 11 is 0. The quantitative estimate of drug-likeness (QED) is 0.627. The fourth-order valence-electron chi connectivity index (χ4n) is 2.70. The van der Waals surface area contributed by atoms with Gasteiger partial charge in [-0.05, 0) is 26.0 Å². The van der Waals surface area contributed by atoms with Crippen LogP contribution in [0.25, 0.3) is 22.8 Å². The predicted octanol–water partition coefficient (Wildman–Crippen LogP) is 4.08. The van der Waals surface area contributed by atoms with Crippen LogP contribution in [0.1, 0.15) is 30.6 Å². The van der Waals surface area contributed by atoms with Crippen LogP contribution in [0.5, 0.6) is 0 Å². The lowest BCUT2D eigenvalue weighted by atomic mass is 10.1. The van der Waals surface area contributed by atoms with Gasteiger partial charge in [0, 0.05) is 17.7 Å². The van der Waals surface area contributed by atoms with Crippen LogP contribution in [-0.4, -0.2) is 29.5 Å². The molecule has 0 bridgehead atoms. The zero-order valence-electron chi connectivity index (χ0n) is 15.8. The van der Waals surface area contributed by atoms with E-state index in [1.807, 2.05) is 36.4 Å². The Bertz CT molecular complexity index is 948. The van der Waals surface area contributed by atoms with Crippen molar-refractivity contribution in [1.82, 2.24) is 10.3 Å². The fourth-order valence-corrected chi connectivity index (χ4v) is 2.70. The number of hydrogen-bond acceptors (Lipinski definition) is 5. The highest BCUT2D eigenvalue weighted by molar-refractivity contribution is 6.00. The van der Waals surface area contributed by atoms with Crippen LogP contribution < -0.4 is 5.32 Å². The number of nitrogens with one attached hydrogen (secondary N) is 1. The van der Waals surface area contributed by atoms with Crippen LogP contribution in [0.2, 0.25) is 0 Å². The minimum absolute atomic E-state index is 0.114. The summed E-state index contributed by atoms with van der Waals surface area (Å²) in [5, 5.41) is 2.74. The van der Waals surface area contributed by atoms with Crippen LogP contribution in [0.4, 0.5) is 0 Å². The number of aromatic nitrogens is 1. The van der Waals surface area contributed by atoms with Gasteiger partial charge in [0.25, 0.3) is 5.91 Å². The number of benzene rings is 2. The van der Waals surface area contributed by atoms with E-state index in [0.717, 1.165) is 5.56 Å². The highest BCUT2D eigenvalue weighted by Gasteiger charge is 2.17. The van der Waals surface area contributed by atoms with Crippen molar-refractivity contribution in [2.24, 2.45) is 0 Å². The van der Waals surface area contributed by atoms with Gasteiger partial charge >= 0.3 is 5.97 Å². The molecular weight excluding hydrogens is 356 g/mol. The van der Waals surface area contributed by atoms with Gasteiger partial charge in [-0.25, -0.2) is 4.98 Å². The first-order valence-corrected chi connectivity index (χ1v) is 9.13. The van der Waals surface area contributed by atoms with Crippen LogP contribution >= 0.6 is 0 Å². The monoisotopic (exact) mass is 378 g/mol. The maximum absolute atomic E-state index is 12.6. The number of esters is 1. The Morgan fingerprint density at radius 1 is 1.07 bits per heavy atom. The smallest absolute Gasteiger partial charge is 0.307 e. The molecule has 2 aromatic carbocycles. The average molecular weight is 378 g/mol. The number of hydrogen-bond donors (Lipinski definition) is 1. The Kier molecular flexibility index (Phi) is 6.22. The molecule has 0 aliphatic carbocycles. The lowest BCUT2D eigenvalue weighted by molar-refractivity contribution is -0.147. The minimum atomic E-state index is -0.344. The molecule has 0 saturated heterocycles. The van der Waals surface area contributed by atoms with E-state index < -0.39 is 0 Å². The number of oxazole rings is 1. The summed E-state index contributed by atoms with van der Waals surface area (Å²) in [5.41, 5.74) is 1.93. The molecule has 1 heterocycles. The molecule has 0 spiro atoms. The third kappa shape index (κ3) is 4.85. The molecule has 0 aliphatic rings. The molecule has 1 amide bonds. The number of ether oxygens (including phenoxy) is 1. The van der Waals surface area contributed by atoms with Crippen molar-refractivity contribution < 1.29 is 18.7 Å². The Morgan fingerprint density at radius 2 is 1.79 bits per heavy atom. The van der Waals surface area contributed by atoms with Crippen molar-refractivity contribution in [2.45, 2.75) is 26.4 Å². The van der Waals surface area contributed by atoms with E-state index in [4.69, 9.17) is 9.15 Å². The molecule has 0 fully saturated rings. The minimum Gasteiger partial charge on any atom is -0.463 e. The number of rotatable bonds is 7. The van der Waals surface area contributed by atoms with Gasteiger partial charge in [0.05, 0.1) is 24.3 Å². The summed E-state index contributed by atoms with van der Waals surface area (Å²) in [7, 11) is 0. The normalized spacial score (nSPS) is 10.7. The number of carbonyl (C=O) groups is 2. The van der Waals surface area contributed by atoms with E-state index in [-0.39, 0.29) is 30.9 Å². The lowest BCUT2D eigenvalue weighted by Gasteiger charge is -2.10. The highest BCUT2D eigenvalue weighted by Crippen LogP contribution is 2.28. The second kappa shape index (κ2) is 8.99. The largest absolute Gasteiger partial charge is 0.463 e. The summed E-state index contributed by atoms with van der Waals surface area (Å²) in [5.74, 6) is 0.349. The zero-order chi connectivity index (χ0) is 19.9. The van der Waals surface area contributed by atoms with E-state index in [1.54, 1.807) is 38.2 Å². The van der Waals surface area contributed by atoms with Crippen LogP contribution in [0, 0.1) is 0 Å². The molecule has 0 aliphatic heterocycles. The molecular formula is C22H22N2O4. The van der Waals surface area contributed by atoms with Crippen LogP contribution in [0.3, 0.4) is 0 Å². The number of amides is 1. The van der Waals surface area contributed by atoms with Gasteiger partial charge < -0.3 is 14.5 Å². The molecule has 6 heteroatoms. The Labute approximate surface area is 163 Å². The SMILES string of the molecule is CC(C)OC(=O)CCNC(=O)c1ccccc1-c1ncc(-c2ccccc2)o1. The maximum atomic E-state index is 12.6. The first-order valence-electron chi connectivity index (χ1n) is 9.13. The summed E-state index contributed by atoms with van der Waals surface area (Å²) in [6, 6.07) is 16.7. The van der Waals surface area contributed by atoms with Gasteiger partial charge in [0.15, 0.2) is 5.76 Å². The zero-order valence-corrected chi connectivity index (χ0v) is 15.8. The van der Waals surface area contributed by atoms with Gasteiger partial charge in [-0.3, -0.25) is 9.59 Å². The number of nitrogens with zero attached hydrogens (tertiary/aromatic N) is 1. The molecule has 144 valence electrons. The molecule has 0 atom stereocenters. The van der Waals surface area contributed by atoms with Gasteiger partial charge in [-0.2, -0.15) is 0 Å². The molecule has 3 rings (SSSR count). The first-order chi connectivity index (χ1) is 13.5. The predicted molar refractivity (Wildman–Crippen MR) is 106 cm³/mol. The number of carbonyl (C=O) groups excluding carboxylic acids is 2. The van der Waals surface area contributed by atoms with Gasteiger partial charge in [0.2, 0.25) is 5.89 Å². The van der Waals surface area contributed by atoms with E-state index in [2.05, 4.69) is 10.3 Å². The van der Waals surface area contributed by atoms with Crippen molar-refractivity contribution in [2.75, 3.05) is 6.54 Å². The van der Waals surface area contributed by atoms with Crippen molar-refractivity contribution in [1.29, 1.82) is 0 Å². The second-order valence-electron chi connectivity index (χ2n) is 6.49. The lowest BCUT2D eigenvalue weighted by Crippen LogP contribution is -2.27. The van der Waals surface area contributed by atoms with Crippen LogP contribution in [0.15, 0.2) is 65.2 Å². The van der Waals surface area contributed by atoms with E-state index >= 15 is 0 Å².